The third kappa shape index (κ3) is 64.8. The molecule has 844 valence electrons. The minimum absolute atomic E-state index is 0. The molecule has 7 N–H and O–H groups in total. The predicted octanol–water partition coefficient (Wildman–Crippen LogP) is 20.3. The third-order valence-corrected chi connectivity index (χ3v) is 88.6. The summed E-state index contributed by atoms with van der Waals surface area (Å²) in [5.74, 6) is 0. The Kier molecular flexibility index (Phi) is 60.9. The van der Waals surface area contributed by atoms with Gasteiger partial charge >= 0.3 is 129 Å². The first-order valence-electron chi connectivity index (χ1n) is 50.5. The largest absolute Gasteiger partial charge is 0.552 e. The second-order valence-electron chi connectivity index (χ2n) is 49.5. The normalized spacial score (nSPS) is 19.4. The van der Waals surface area contributed by atoms with Crippen molar-refractivity contribution in [2.75, 3.05) is 88.7 Å². The van der Waals surface area contributed by atoms with Crippen molar-refractivity contribution in [2.45, 2.75) is 420 Å². The molecule has 4 rings (SSSR count). The first-order chi connectivity index (χ1) is 63.1. The Morgan fingerprint density at radius 3 is 0.720 bits per heavy atom. The smallest absolute Gasteiger partial charge is 0.491 e. The number of ether oxygens (including phenoxy) is 4. The maximum absolute atomic E-state index is 9.95. The van der Waals surface area contributed by atoms with Gasteiger partial charge in [0.25, 0.3) is 0 Å². The molecule has 0 aromatic rings. The molecule has 0 saturated carbocycles. The summed E-state index contributed by atoms with van der Waals surface area (Å²) in [4.78, 5) is 19.9. The molecule has 0 unspecified atom stereocenters. The molecule has 53 heteroatoms. The SMILES string of the molecule is CO[Si]1(OC)CCCN1C1CC(C)(C)NC(C)(C)C1.[CH2-]OC/C=C/[Si](C)(C)O[Si](C)(C)O[Si](C)(C)O[Si](C)(C)O.[CH2-]OC/C=C/[Si](C)(C)O[Si](C)(C)O[Si](C)(C)O[Si](C)(C)O.[CH2-]OC/C=C/[Si](C)(C)O[Si](C)(C)O[Si](C)(C)O[Si](C)(C)O[Si](CCCNC1CC(C)(C)NC(C)(C)C1)(OC)OC.[CH2-]OC/C=C/[Si](C)(C)O[Si](C)(C)O[Si](C)(C)O[Si](C)(C)O[Si](CCCNC1CC(C)(C)NC(C)(C)C1)(OC)OC.[Rf].[Rf]. The number of rotatable bonds is 57. The second-order valence-corrected chi connectivity index (χ2v) is 118. The average Bonchev–Trinajstić information content (AvgIpc) is 1.22. The fraction of sp³-hybridized carbons (Fsp3) is 0.867. The van der Waals surface area contributed by atoms with Crippen molar-refractivity contribution >= 4 is 162 Å². The molecule has 0 aromatic carbocycles. The Labute approximate surface area is 883 Å². The summed E-state index contributed by atoms with van der Waals surface area (Å²) in [5.41, 5.74) is 9.21. The summed E-state index contributed by atoms with van der Waals surface area (Å²) < 4.78 is 147. The summed E-state index contributed by atoms with van der Waals surface area (Å²) >= 11 is 0. The van der Waals surface area contributed by atoms with Gasteiger partial charge in [0.15, 0.2) is 33.3 Å². The Morgan fingerprint density at radius 1 is 0.315 bits per heavy atom. The van der Waals surface area contributed by atoms with Crippen LogP contribution in [0.4, 0.5) is 0 Å². The van der Waals surface area contributed by atoms with E-state index >= 15 is 0 Å². The van der Waals surface area contributed by atoms with Gasteiger partial charge in [-0.1, -0.05) is 47.1 Å². The topological polar surface area (TPSA) is 325 Å². The van der Waals surface area contributed by atoms with E-state index < -0.39 is 162 Å². The van der Waals surface area contributed by atoms with Crippen LogP contribution in [0.3, 0.4) is 0 Å². The van der Waals surface area contributed by atoms with Gasteiger partial charge in [0.05, 0.1) is 0 Å². The number of nitrogens with zero attached hydrogens (tertiary/aromatic N) is 1. The fourth-order valence-corrected chi connectivity index (χ4v) is 102. The maximum Gasteiger partial charge on any atom is 0.491 e. The van der Waals surface area contributed by atoms with Crippen LogP contribution in [0.1, 0.15) is 141 Å². The Bertz CT molecular complexity index is 3450. The molecule has 4 saturated heterocycles. The molecule has 0 spiro atoms. The second kappa shape index (κ2) is 59.3. The molecule has 4 fully saturated rings. The van der Waals surface area contributed by atoms with Crippen LogP contribution < -0.4 is 26.6 Å². The summed E-state index contributed by atoms with van der Waals surface area (Å²) in [6.45, 7) is 97.1. The fourth-order valence-electron chi connectivity index (χ4n) is 21.2. The third-order valence-electron chi connectivity index (χ3n) is 22.1. The zero-order valence-electron chi connectivity index (χ0n) is 100. The number of nitrogens with one attached hydrogen (secondary N) is 5. The van der Waals surface area contributed by atoms with Crippen molar-refractivity contribution in [1.29, 1.82) is 0 Å². The summed E-state index contributed by atoms with van der Waals surface area (Å²) in [5, 5.41) is 18.8. The van der Waals surface area contributed by atoms with Crippen LogP contribution in [0.25, 0.3) is 0 Å². The monoisotopic (exact) mass is 2860 g/mol. The van der Waals surface area contributed by atoms with Gasteiger partial charge < -0.3 is 139 Å². The zero-order chi connectivity index (χ0) is 110. The van der Waals surface area contributed by atoms with Crippen LogP contribution >= 0.6 is 0 Å². The van der Waals surface area contributed by atoms with E-state index in [0.29, 0.717) is 44.6 Å². The molecule has 0 aromatic heterocycles. The first-order valence-corrected chi connectivity index (χ1v) is 102. The molecular formula is C90H214N6O26Rf2Si19-4. The van der Waals surface area contributed by atoms with Crippen LogP contribution in [-0.2, 0) is 103 Å². The van der Waals surface area contributed by atoms with Crippen molar-refractivity contribution in [3.63, 3.8) is 0 Å². The molecule has 0 radical (unpaired) electrons. The molecule has 4 aliphatic rings. The molecule has 4 aliphatic heterocycles. The molecule has 0 bridgehead atoms. The molecule has 0 atom stereocenters. The van der Waals surface area contributed by atoms with Crippen LogP contribution in [0.5, 0.6) is 0 Å². The minimum Gasteiger partial charge on any atom is -0.552 e. The average molecular weight is 2860 g/mol. The van der Waals surface area contributed by atoms with Crippen molar-refractivity contribution in [3.8, 4) is 0 Å². The van der Waals surface area contributed by atoms with E-state index in [0.717, 1.165) is 89.1 Å². The Hall–Kier alpha value is -0.199. The molecular weight excluding hydrogens is 2650 g/mol. The quantitative estimate of drug-likeness (QED) is 0.0169. The van der Waals surface area contributed by atoms with Gasteiger partial charge in [-0.3, -0.25) is 4.57 Å². The van der Waals surface area contributed by atoms with Crippen molar-refractivity contribution in [1.82, 2.24) is 31.1 Å². The van der Waals surface area contributed by atoms with Gasteiger partial charge in [-0.05, 0) is 370 Å². The van der Waals surface area contributed by atoms with E-state index in [4.69, 9.17) is 103 Å². The van der Waals surface area contributed by atoms with Crippen LogP contribution in [-0.4, -0.2) is 317 Å². The van der Waals surface area contributed by atoms with Gasteiger partial charge in [-0.25, -0.2) is 28.4 Å². The number of piperidine rings is 3. The van der Waals surface area contributed by atoms with E-state index in [-0.39, 0.29) is 33.2 Å². The standard InChI is InChI=1S/2C26H61N2O7Si5.C14H30N2O2Si.2C12H31O5Si4.2Rf/c2*1-25(2)22-24(23-26(3,4)28-25)27-18-16-21-40(30-6,31-7)35-39(14,15)34-38(12,13)33-37(10,11)32-36(8,9)20-17-19-29-5;1-13(2)10-12(11-14(3,4)15-13)16-8-7-9-19(16,17-5)18-6;2*1-14-11-10-12-18(2,3)15-20(6,7)17-21(8,9)16-19(4,5)13;;/h2*17,20,24,27-28H,5,16,18-19,21-23H2,1-4,6-15H3;12,15H,7-11H2,1-6H3;2*10,12-13H,1,11H2,2-9H3;;/q2*-1;;2*-1;;/b2*20-17+;;2*12-10+;;. The van der Waals surface area contributed by atoms with E-state index in [1.807, 2.05) is 90.9 Å². The van der Waals surface area contributed by atoms with Gasteiger partial charge in [-0.15, -0.1) is 0 Å². The summed E-state index contributed by atoms with van der Waals surface area (Å²) in [6, 6.07) is 4.06. The molecule has 143 heavy (non-hydrogen) atoms. The number of hydrogen-bond acceptors (Lipinski definition) is 32. The Balaban J connectivity index is -0.00000177. The van der Waals surface area contributed by atoms with Crippen molar-refractivity contribution in [3.05, 3.63) is 75.5 Å². The van der Waals surface area contributed by atoms with E-state index in [9.17, 15) is 9.59 Å². The minimum atomic E-state index is -2.93. The van der Waals surface area contributed by atoms with Gasteiger partial charge in [0.1, 0.15) is 0 Å². The van der Waals surface area contributed by atoms with Crippen molar-refractivity contribution in [2.24, 2.45) is 0 Å². The van der Waals surface area contributed by atoms with Gasteiger partial charge in [0.2, 0.25) is 0 Å². The summed E-state index contributed by atoms with van der Waals surface area (Å²) in [6.07, 6.45) is 17.5. The van der Waals surface area contributed by atoms with E-state index in [1.165, 1.54) is 6.42 Å². The zero-order valence-corrected chi connectivity index (χ0v) is 132. The van der Waals surface area contributed by atoms with Gasteiger partial charge in [0, 0.05) is 139 Å². The van der Waals surface area contributed by atoms with E-state index in [2.05, 4.69) is 296 Å². The Morgan fingerprint density at radius 2 is 0.517 bits per heavy atom. The van der Waals surface area contributed by atoms with Crippen LogP contribution in [0.2, 0.25) is 228 Å². The van der Waals surface area contributed by atoms with Gasteiger partial charge in [-0.2, -0.15) is 0 Å². The van der Waals surface area contributed by atoms with E-state index in [1.54, 1.807) is 54.6 Å². The number of hydrogen-bond donors (Lipinski definition) is 7. The molecule has 0 amide bonds. The first kappa shape index (κ1) is 147. The summed E-state index contributed by atoms with van der Waals surface area (Å²) in [7, 11) is -22.3. The van der Waals surface area contributed by atoms with Crippen LogP contribution in [0.15, 0.2) is 47.1 Å². The predicted molar refractivity (Wildman–Crippen MR) is 624 cm³/mol. The van der Waals surface area contributed by atoms with Crippen LogP contribution in [0, 0.1) is 28.4 Å². The maximum atomic E-state index is 9.95. The molecule has 0 aliphatic carbocycles. The molecule has 32 nitrogen and oxygen atoms in total. The van der Waals surface area contributed by atoms with Crippen molar-refractivity contribution < 1.29 is 113 Å². The molecule has 4 heterocycles.